The van der Waals surface area contributed by atoms with Gasteiger partial charge in [-0.25, -0.2) is 9.97 Å². The van der Waals surface area contributed by atoms with Crippen LogP contribution in [0.5, 0.6) is 5.75 Å². The summed E-state index contributed by atoms with van der Waals surface area (Å²) < 4.78 is 5.08. The molecule has 0 aliphatic rings. The van der Waals surface area contributed by atoms with Gasteiger partial charge in [-0.1, -0.05) is 28.5 Å². The smallest absolute Gasteiger partial charge is 0.495 e. The monoisotopic (exact) mass is 406 g/mol. The number of nitrogens with zero attached hydrogens (tertiary/aromatic N) is 4. The van der Waals surface area contributed by atoms with Crippen LogP contribution in [0.1, 0.15) is 16.1 Å². The molecule has 1 heterocycles. The van der Waals surface area contributed by atoms with Crippen molar-refractivity contribution in [3.8, 4) is 5.75 Å². The van der Waals surface area contributed by atoms with Crippen LogP contribution >= 0.6 is 23.4 Å². The van der Waals surface area contributed by atoms with Crippen molar-refractivity contribution in [2.24, 2.45) is 10.5 Å². The van der Waals surface area contributed by atoms with Crippen molar-refractivity contribution >= 4 is 34.9 Å². The molecule has 132 valence electrons. The maximum atomic E-state index is 12.5. The molecule has 0 saturated heterocycles. The van der Waals surface area contributed by atoms with Gasteiger partial charge < -0.3 is 20.1 Å². The van der Waals surface area contributed by atoms with Gasteiger partial charge in [0.05, 0.1) is 12.1 Å². The van der Waals surface area contributed by atoms with Crippen molar-refractivity contribution in [1.29, 1.82) is 0 Å². The van der Waals surface area contributed by atoms with Crippen LogP contribution in [0.4, 0.5) is 0 Å². The topological polar surface area (TPSA) is 137 Å². The quantitative estimate of drug-likeness (QED) is 0.108. The molecule has 2 aromatic rings. The van der Waals surface area contributed by atoms with E-state index in [1.807, 2.05) is 0 Å². The Labute approximate surface area is 180 Å². The van der Waals surface area contributed by atoms with E-state index in [1.165, 1.54) is 49.3 Å². The maximum Gasteiger partial charge on any atom is 1.00 e. The molecular weight excluding hydrogens is 395 g/mol. The Morgan fingerprint density at radius 3 is 2.58 bits per heavy atom. The zero-order valence-electron chi connectivity index (χ0n) is 14.0. The van der Waals surface area contributed by atoms with Gasteiger partial charge in [0.2, 0.25) is 5.78 Å². The number of carbonyl (C=O) groups is 1. The van der Waals surface area contributed by atoms with Crippen LogP contribution in [0.2, 0.25) is 5.02 Å². The normalized spacial score (nSPS) is 10.0. The van der Waals surface area contributed by atoms with E-state index in [-0.39, 0.29) is 46.5 Å². The first-order chi connectivity index (χ1) is 12.0. The number of oxime groups is 1. The molecule has 9 nitrogen and oxygen atoms in total. The molecule has 0 aliphatic heterocycles. The number of rotatable bonds is 5. The summed E-state index contributed by atoms with van der Waals surface area (Å²) in [6, 6.07) is 6.04. The van der Waals surface area contributed by atoms with Gasteiger partial charge in [0.25, 0.3) is 0 Å². The van der Waals surface area contributed by atoms with Gasteiger partial charge in [-0.3, -0.25) is 4.79 Å². The molecule has 12 heteroatoms. The van der Waals surface area contributed by atoms with Crippen molar-refractivity contribution in [3.63, 3.8) is 0 Å². The third kappa shape index (κ3) is 6.54. The summed E-state index contributed by atoms with van der Waals surface area (Å²) in [5, 5.41) is 22.1. The summed E-state index contributed by atoms with van der Waals surface area (Å²) in [4.78, 5) is 28.7. The molecule has 0 fully saturated rings. The third-order valence-corrected chi connectivity index (χ3v) is 3.66. The number of ether oxygens (including phenoxy) is 1. The second-order valence-corrected chi connectivity index (χ2v) is 5.31. The second kappa shape index (κ2) is 12.6. The van der Waals surface area contributed by atoms with Gasteiger partial charge in [-0.05, 0) is 30.5 Å². The van der Waals surface area contributed by atoms with Crippen LogP contribution in [0.3, 0.4) is 0 Å². The number of benzene rings is 1. The van der Waals surface area contributed by atoms with Crippen molar-refractivity contribution in [2.75, 3.05) is 13.4 Å². The Balaban J connectivity index is 0.00000146. The number of methoxy groups -OCH3 is 1. The van der Waals surface area contributed by atoms with Crippen LogP contribution in [0.25, 0.3) is 0 Å². The predicted octanol–water partition coefficient (Wildman–Crippen LogP) is 0.176. The average Bonchev–Trinajstić information content (AvgIpc) is 2.63. The molecule has 0 aliphatic carbocycles. The number of hydrogen-bond donors (Lipinski definition) is 1. The molecule has 0 unspecified atom stereocenters. The second-order valence-electron chi connectivity index (χ2n) is 4.13. The summed E-state index contributed by atoms with van der Waals surface area (Å²) in [6.07, 6.45) is 3.30. The number of hydrogen-bond acceptors (Lipinski definition) is 10. The number of thioether (sulfide) groups is 1. The average molecular weight is 407 g/mol. The van der Waals surface area contributed by atoms with E-state index >= 15 is 0 Å². The number of Topliss-reactive ketones (excluding diaryl/α,β-unsaturated/α-hetero) is 1. The van der Waals surface area contributed by atoms with E-state index in [4.69, 9.17) is 26.5 Å². The van der Waals surface area contributed by atoms with Crippen molar-refractivity contribution in [1.82, 2.24) is 9.97 Å². The standard InChI is InChI=1S/C14H12ClN3O3S.HNO2.Na/c1-21-11-7-8(3-4-9(11)15)13(19)12(18-20)10-5-6-16-14(17-10)22-2;2-1-3;/h3-7,20H,1-2H3;(H,2,3);/q;;+1/p-1. The third-order valence-electron chi connectivity index (χ3n) is 2.79. The number of aromatic nitrogens is 2. The van der Waals surface area contributed by atoms with Crippen molar-refractivity contribution in [3.05, 3.63) is 56.9 Å². The molecule has 0 amide bonds. The van der Waals surface area contributed by atoms with E-state index in [0.29, 0.717) is 15.9 Å². The molecule has 0 spiro atoms. The Kier molecular flexibility index (Phi) is 11.8. The summed E-state index contributed by atoms with van der Waals surface area (Å²) in [6.45, 7) is 0. The maximum absolute atomic E-state index is 12.5. The van der Waals surface area contributed by atoms with Gasteiger partial charge in [0.15, 0.2) is 10.9 Å². The van der Waals surface area contributed by atoms with Gasteiger partial charge in [0, 0.05) is 11.8 Å². The number of halogens is 1. The summed E-state index contributed by atoms with van der Waals surface area (Å²) in [5.74, 6) is -0.138. The fraction of sp³-hybridized carbons (Fsp3) is 0.143. The largest absolute Gasteiger partial charge is 1.00 e. The Hall–Kier alpha value is -1.72. The number of carbonyl (C=O) groups excluding carboxylic acids is 1. The van der Waals surface area contributed by atoms with E-state index < -0.39 is 5.78 Å². The first-order valence-corrected chi connectivity index (χ1v) is 8.05. The van der Waals surface area contributed by atoms with Gasteiger partial charge >= 0.3 is 29.6 Å². The Bertz CT molecular complexity index is 794. The van der Waals surface area contributed by atoms with E-state index in [1.54, 1.807) is 6.26 Å². The Morgan fingerprint density at radius 1 is 1.38 bits per heavy atom. The SMILES string of the molecule is COc1cc(C(=O)C(=NO)c2ccnc(SC)n2)ccc1Cl.O=N[O-].[Na+]. The first kappa shape index (κ1) is 24.3. The molecule has 0 saturated carbocycles. The fourth-order valence-electron chi connectivity index (χ4n) is 1.72. The van der Waals surface area contributed by atoms with Crippen molar-refractivity contribution in [2.45, 2.75) is 5.16 Å². The molecule has 1 aromatic heterocycles. The minimum Gasteiger partial charge on any atom is -0.495 e. The van der Waals surface area contributed by atoms with Crippen LogP contribution < -0.4 is 34.3 Å². The van der Waals surface area contributed by atoms with Crippen LogP contribution in [0.15, 0.2) is 46.1 Å². The van der Waals surface area contributed by atoms with E-state index in [2.05, 4.69) is 15.1 Å². The molecule has 0 radical (unpaired) electrons. The van der Waals surface area contributed by atoms with Crippen molar-refractivity contribution < 1.29 is 44.3 Å². The zero-order chi connectivity index (χ0) is 18.8. The summed E-state index contributed by atoms with van der Waals surface area (Å²) in [5.41, 5.74) is 0.334. The molecule has 1 aromatic carbocycles. The Morgan fingerprint density at radius 2 is 2.04 bits per heavy atom. The molecule has 1 N–H and O–H groups in total. The zero-order valence-corrected chi connectivity index (χ0v) is 17.6. The fourth-order valence-corrected chi connectivity index (χ4v) is 2.27. The van der Waals surface area contributed by atoms with Gasteiger partial charge in [-0.2, -0.15) is 0 Å². The van der Waals surface area contributed by atoms with E-state index in [9.17, 15) is 10.0 Å². The first-order valence-electron chi connectivity index (χ1n) is 6.45. The predicted molar refractivity (Wildman–Crippen MR) is 93.6 cm³/mol. The van der Waals surface area contributed by atoms with E-state index in [0.717, 1.165) is 5.34 Å². The summed E-state index contributed by atoms with van der Waals surface area (Å²) >= 11 is 7.25. The molecule has 0 bridgehead atoms. The van der Waals surface area contributed by atoms with Crippen LogP contribution in [-0.2, 0) is 0 Å². The van der Waals surface area contributed by atoms with Crippen LogP contribution in [-0.4, -0.2) is 40.0 Å². The van der Waals surface area contributed by atoms with Gasteiger partial charge in [0.1, 0.15) is 11.4 Å². The molecular formula is C14H12ClN4NaO5S. The molecule has 0 atom stereocenters. The minimum atomic E-state index is -0.497. The van der Waals surface area contributed by atoms with Crippen LogP contribution in [0, 0.1) is 10.1 Å². The number of ketones is 1. The summed E-state index contributed by atoms with van der Waals surface area (Å²) in [7, 11) is 1.45. The minimum absolute atomic E-state index is 0. The molecule has 26 heavy (non-hydrogen) atoms. The van der Waals surface area contributed by atoms with Gasteiger partial charge in [-0.15, -0.1) is 5.34 Å². The molecule has 2 rings (SSSR count).